The molecule has 1 saturated heterocycles. The average Bonchev–Trinajstić information content (AvgIpc) is 3.27. The van der Waals surface area contributed by atoms with Gasteiger partial charge in [-0.15, -0.1) is 6.58 Å². The fraction of sp³-hybridized carbons (Fsp3) is 0.217. The minimum Gasteiger partial charge on any atom is -0.497 e. The summed E-state index contributed by atoms with van der Waals surface area (Å²) in [5.74, 6) is 0.771. The van der Waals surface area contributed by atoms with Gasteiger partial charge in [-0.05, 0) is 49.4 Å². The molecule has 2 aromatic rings. The molecule has 0 spiro atoms. The van der Waals surface area contributed by atoms with Gasteiger partial charge in [-0.25, -0.2) is 4.99 Å². The molecule has 0 bridgehead atoms. The van der Waals surface area contributed by atoms with Crippen LogP contribution in [0.4, 0.5) is 11.4 Å². The van der Waals surface area contributed by atoms with Crippen molar-refractivity contribution >= 4 is 46.0 Å². The molecule has 1 amide bonds. The molecule has 0 aliphatic carbocycles. The number of aryl methyl sites for hydroxylation is 1. The summed E-state index contributed by atoms with van der Waals surface area (Å²) in [6.45, 7) is 9.10. The molecule has 2 aliphatic rings. The number of fused-ring (bicyclic) bond motifs is 1. The maximum atomic E-state index is 13.4. The van der Waals surface area contributed by atoms with Crippen molar-refractivity contribution in [2.24, 2.45) is 4.99 Å². The van der Waals surface area contributed by atoms with E-state index in [1.165, 1.54) is 11.8 Å². The molecule has 30 heavy (non-hydrogen) atoms. The molecule has 0 atom stereocenters. The van der Waals surface area contributed by atoms with Crippen LogP contribution in [-0.2, 0) is 4.79 Å². The van der Waals surface area contributed by atoms with E-state index in [0.29, 0.717) is 16.6 Å². The quantitative estimate of drug-likeness (QED) is 0.453. The number of nitrogens with zero attached hydrogens (tertiary/aromatic N) is 3. The largest absolute Gasteiger partial charge is 0.497 e. The lowest BCUT2D eigenvalue weighted by molar-refractivity contribution is -0.121. The fourth-order valence-electron chi connectivity index (χ4n) is 3.37. The molecule has 0 radical (unpaired) electrons. The Balaban J connectivity index is 1.77. The van der Waals surface area contributed by atoms with E-state index in [0.717, 1.165) is 39.2 Å². The molecular formula is C23H23N3O2S2. The number of hydrogen-bond donors (Lipinski definition) is 0. The van der Waals surface area contributed by atoms with Gasteiger partial charge in [0.25, 0.3) is 5.91 Å². The fourth-order valence-corrected chi connectivity index (χ4v) is 5.75. The van der Waals surface area contributed by atoms with Crippen molar-refractivity contribution in [3.05, 3.63) is 70.6 Å². The number of carbonyl (C=O) groups excluding carboxylic acids is 1. The monoisotopic (exact) mass is 437 g/mol. The summed E-state index contributed by atoms with van der Waals surface area (Å²) in [4.78, 5) is 23.9. The van der Waals surface area contributed by atoms with Crippen LogP contribution in [0.3, 0.4) is 0 Å². The van der Waals surface area contributed by atoms with Gasteiger partial charge in [-0.3, -0.25) is 9.69 Å². The van der Waals surface area contributed by atoms with E-state index in [4.69, 9.17) is 9.73 Å². The van der Waals surface area contributed by atoms with E-state index >= 15 is 0 Å². The first-order chi connectivity index (χ1) is 14.6. The zero-order valence-electron chi connectivity index (χ0n) is 17.2. The van der Waals surface area contributed by atoms with Gasteiger partial charge in [-0.1, -0.05) is 36.0 Å². The highest BCUT2D eigenvalue weighted by Crippen LogP contribution is 2.51. The first kappa shape index (κ1) is 20.6. The Morgan fingerprint density at radius 3 is 2.67 bits per heavy atom. The number of amidine groups is 1. The summed E-state index contributed by atoms with van der Waals surface area (Å²) < 4.78 is 5.40. The van der Waals surface area contributed by atoms with Crippen molar-refractivity contribution in [2.75, 3.05) is 25.1 Å². The van der Waals surface area contributed by atoms with Gasteiger partial charge in [0.15, 0.2) is 5.17 Å². The van der Waals surface area contributed by atoms with Crippen LogP contribution in [0.2, 0.25) is 0 Å². The summed E-state index contributed by atoms with van der Waals surface area (Å²) in [5.41, 5.74) is 3.01. The number of para-hydroxylation sites is 1. The Labute approximate surface area is 185 Å². The Morgan fingerprint density at radius 2 is 1.97 bits per heavy atom. The Kier molecular flexibility index (Phi) is 5.92. The van der Waals surface area contributed by atoms with E-state index in [9.17, 15) is 4.79 Å². The van der Waals surface area contributed by atoms with Crippen molar-refractivity contribution in [3.8, 4) is 5.75 Å². The number of thioether (sulfide) groups is 2. The molecule has 0 unspecified atom stereocenters. The van der Waals surface area contributed by atoms with Crippen molar-refractivity contribution < 1.29 is 9.53 Å². The number of ether oxygens (including phenoxy) is 1. The second kappa shape index (κ2) is 8.62. The number of rotatable bonds is 5. The van der Waals surface area contributed by atoms with Crippen molar-refractivity contribution in [2.45, 2.75) is 18.7 Å². The van der Waals surface area contributed by atoms with Crippen molar-refractivity contribution in [3.63, 3.8) is 0 Å². The molecule has 2 aliphatic heterocycles. The van der Waals surface area contributed by atoms with Crippen LogP contribution in [0, 0.1) is 6.92 Å². The van der Waals surface area contributed by atoms with Gasteiger partial charge in [0, 0.05) is 24.1 Å². The third-order valence-electron chi connectivity index (χ3n) is 4.93. The summed E-state index contributed by atoms with van der Waals surface area (Å²) in [7, 11) is 1.66. The van der Waals surface area contributed by atoms with Gasteiger partial charge in [0.2, 0.25) is 0 Å². The molecular weight excluding hydrogens is 414 g/mol. The predicted molar refractivity (Wildman–Crippen MR) is 127 cm³/mol. The minimum absolute atomic E-state index is 0.0343. The van der Waals surface area contributed by atoms with Crippen LogP contribution in [0.15, 0.2) is 74.9 Å². The molecule has 4 rings (SSSR count). The van der Waals surface area contributed by atoms with Crippen LogP contribution in [-0.4, -0.2) is 36.2 Å². The van der Waals surface area contributed by atoms with Gasteiger partial charge in [0.1, 0.15) is 15.7 Å². The lowest BCUT2D eigenvalue weighted by atomic mass is 10.2. The van der Waals surface area contributed by atoms with Gasteiger partial charge < -0.3 is 9.64 Å². The maximum Gasteiger partial charge on any atom is 0.269 e. The molecule has 2 aromatic carbocycles. The standard InChI is InChI=1S/C23H23N3O2S2/c1-5-13-26-21(27)20(30-23(26)24-17-10-8-7-9-15(17)3)22-25(6-2)18-14-16(28-4)11-12-19(18)29-22/h5,7-12,14H,1,6,13H2,2-4H3/b22-20-,24-23?. The summed E-state index contributed by atoms with van der Waals surface area (Å²) in [6.07, 6.45) is 1.73. The normalized spacial score (nSPS) is 19.6. The molecule has 5 nitrogen and oxygen atoms in total. The number of benzene rings is 2. The second-order valence-corrected chi connectivity index (χ2v) is 8.81. The van der Waals surface area contributed by atoms with Crippen LogP contribution < -0.4 is 9.64 Å². The third kappa shape index (κ3) is 3.63. The van der Waals surface area contributed by atoms with E-state index in [-0.39, 0.29) is 5.91 Å². The van der Waals surface area contributed by atoms with Gasteiger partial charge in [-0.2, -0.15) is 0 Å². The zero-order chi connectivity index (χ0) is 21.3. The van der Waals surface area contributed by atoms with E-state index in [1.807, 2.05) is 49.4 Å². The first-order valence-electron chi connectivity index (χ1n) is 9.70. The molecule has 0 N–H and O–H groups in total. The topological polar surface area (TPSA) is 45.1 Å². The minimum atomic E-state index is -0.0343. The molecule has 1 fully saturated rings. The van der Waals surface area contributed by atoms with Crippen LogP contribution >= 0.6 is 23.5 Å². The number of carbonyl (C=O) groups is 1. The van der Waals surface area contributed by atoms with Gasteiger partial charge >= 0.3 is 0 Å². The summed E-state index contributed by atoms with van der Waals surface area (Å²) in [6, 6.07) is 14.0. The SMILES string of the molecule is C=CCN1C(=O)/C(=C2/Sc3ccc(OC)cc3N2CC)SC1=Nc1ccccc1C. The molecule has 0 aromatic heterocycles. The van der Waals surface area contributed by atoms with E-state index < -0.39 is 0 Å². The summed E-state index contributed by atoms with van der Waals surface area (Å²) >= 11 is 3.05. The Bertz CT molecular complexity index is 1080. The van der Waals surface area contributed by atoms with Crippen LogP contribution in [0.25, 0.3) is 0 Å². The molecule has 7 heteroatoms. The lowest BCUT2D eigenvalue weighted by Gasteiger charge is -2.19. The maximum absolute atomic E-state index is 13.4. The van der Waals surface area contributed by atoms with E-state index in [2.05, 4.69) is 18.4 Å². The highest BCUT2D eigenvalue weighted by atomic mass is 32.2. The highest BCUT2D eigenvalue weighted by molar-refractivity contribution is 8.19. The Morgan fingerprint density at radius 1 is 1.17 bits per heavy atom. The number of aliphatic imine (C=N–C) groups is 1. The van der Waals surface area contributed by atoms with Crippen LogP contribution in [0.1, 0.15) is 12.5 Å². The smallest absolute Gasteiger partial charge is 0.269 e. The third-order valence-corrected chi connectivity index (χ3v) is 7.30. The number of methoxy groups -OCH3 is 1. The predicted octanol–water partition coefficient (Wildman–Crippen LogP) is 5.55. The molecule has 0 saturated carbocycles. The zero-order valence-corrected chi connectivity index (χ0v) is 18.8. The lowest BCUT2D eigenvalue weighted by Crippen LogP contribution is -2.30. The number of amides is 1. The molecule has 2 heterocycles. The summed E-state index contributed by atoms with van der Waals surface area (Å²) in [5, 5.41) is 1.63. The van der Waals surface area contributed by atoms with Crippen LogP contribution in [0.5, 0.6) is 5.75 Å². The van der Waals surface area contributed by atoms with Crippen molar-refractivity contribution in [1.29, 1.82) is 0 Å². The van der Waals surface area contributed by atoms with Gasteiger partial charge in [0.05, 0.1) is 18.5 Å². The average molecular weight is 438 g/mol. The van der Waals surface area contributed by atoms with E-state index in [1.54, 1.807) is 29.8 Å². The number of anilines is 1. The van der Waals surface area contributed by atoms with Crippen molar-refractivity contribution in [1.82, 2.24) is 4.90 Å². The second-order valence-electron chi connectivity index (χ2n) is 6.80. The number of hydrogen-bond acceptors (Lipinski definition) is 6. The molecule has 154 valence electrons. The Hall–Kier alpha value is -2.64. The first-order valence-corrected chi connectivity index (χ1v) is 11.3. The highest BCUT2D eigenvalue weighted by Gasteiger charge is 2.39.